The van der Waals surface area contributed by atoms with E-state index in [9.17, 15) is 0 Å². The molecule has 4 bridgehead atoms. The van der Waals surface area contributed by atoms with Gasteiger partial charge in [0.15, 0.2) is 0 Å². The Morgan fingerprint density at radius 1 is 1.06 bits per heavy atom. The Labute approximate surface area is 96.4 Å². The topological polar surface area (TPSA) is 47.6 Å². The fraction of sp³-hybridized carbons (Fsp3) is 0.923. The molecule has 1 heterocycles. The van der Waals surface area contributed by atoms with E-state index in [0.29, 0.717) is 17.4 Å². The summed E-state index contributed by atoms with van der Waals surface area (Å²) in [5.41, 5.74) is 6.21. The van der Waals surface area contributed by atoms with Gasteiger partial charge in [0.05, 0.1) is 0 Å². The smallest absolute Gasteiger partial charge is 0.143 e. The Kier molecular flexibility index (Phi) is 1.71. The normalized spacial score (nSPS) is 53.9. The first-order valence-corrected chi connectivity index (χ1v) is 6.72. The summed E-state index contributed by atoms with van der Waals surface area (Å²) in [5, 5.41) is 3.97. The van der Waals surface area contributed by atoms with Crippen molar-refractivity contribution in [3.63, 3.8) is 0 Å². The fourth-order valence-electron chi connectivity index (χ4n) is 5.30. The van der Waals surface area contributed by atoms with Crippen molar-refractivity contribution in [3.05, 3.63) is 0 Å². The minimum atomic E-state index is 0.306. The second-order valence-corrected chi connectivity index (χ2v) is 6.66. The first-order valence-electron chi connectivity index (χ1n) is 6.72. The average molecular weight is 220 g/mol. The van der Waals surface area contributed by atoms with E-state index in [0.717, 1.165) is 24.2 Å². The highest BCUT2D eigenvalue weighted by Gasteiger charge is 2.56. The van der Waals surface area contributed by atoms with Gasteiger partial charge in [-0.05, 0) is 56.3 Å². The van der Waals surface area contributed by atoms with Gasteiger partial charge < -0.3 is 10.6 Å². The Bertz CT molecular complexity index is 315. The third-order valence-corrected chi connectivity index (χ3v) is 5.46. The van der Waals surface area contributed by atoms with E-state index >= 15 is 0 Å². The minimum absolute atomic E-state index is 0.306. The summed E-state index contributed by atoms with van der Waals surface area (Å²) in [7, 11) is 0. The van der Waals surface area contributed by atoms with Crippen molar-refractivity contribution in [1.82, 2.24) is 0 Å². The molecule has 1 unspecified atom stereocenters. The quantitative estimate of drug-likeness (QED) is 0.737. The zero-order valence-electron chi connectivity index (χ0n) is 9.69. The van der Waals surface area contributed by atoms with E-state index in [2.05, 4.69) is 5.16 Å². The molecule has 0 amide bonds. The highest BCUT2D eigenvalue weighted by molar-refractivity contribution is 5.81. The molecular weight excluding hydrogens is 200 g/mol. The van der Waals surface area contributed by atoms with Crippen molar-refractivity contribution in [3.8, 4) is 0 Å². The van der Waals surface area contributed by atoms with Gasteiger partial charge in [-0.3, -0.25) is 0 Å². The Morgan fingerprint density at radius 2 is 1.62 bits per heavy atom. The molecule has 5 rings (SSSR count). The third-order valence-electron chi connectivity index (χ3n) is 5.46. The van der Waals surface area contributed by atoms with E-state index in [4.69, 9.17) is 10.6 Å². The molecule has 88 valence electrons. The number of oxime groups is 1. The summed E-state index contributed by atoms with van der Waals surface area (Å²) in [6.07, 6.45) is 9.80. The predicted molar refractivity (Wildman–Crippen MR) is 61.7 cm³/mol. The Balaban J connectivity index is 1.62. The molecule has 0 spiro atoms. The van der Waals surface area contributed by atoms with E-state index in [1.807, 2.05) is 0 Å². The van der Waals surface area contributed by atoms with Crippen LogP contribution in [0.5, 0.6) is 0 Å². The molecule has 0 aromatic heterocycles. The van der Waals surface area contributed by atoms with Crippen molar-refractivity contribution in [2.75, 3.05) is 0 Å². The number of amidine groups is 1. The highest BCUT2D eigenvalue weighted by Crippen LogP contribution is 2.62. The van der Waals surface area contributed by atoms with Gasteiger partial charge in [0.1, 0.15) is 11.9 Å². The molecular formula is C13H20N2O. The molecule has 2 N–H and O–H groups in total. The molecule has 1 aliphatic heterocycles. The maximum Gasteiger partial charge on any atom is 0.143 e. The monoisotopic (exact) mass is 220 g/mol. The lowest BCUT2D eigenvalue weighted by molar-refractivity contribution is -0.132. The zero-order valence-corrected chi connectivity index (χ0v) is 9.69. The molecule has 0 aromatic carbocycles. The summed E-state index contributed by atoms with van der Waals surface area (Å²) >= 11 is 0. The lowest BCUT2D eigenvalue weighted by atomic mass is 9.48. The van der Waals surface area contributed by atoms with Crippen LogP contribution < -0.4 is 5.73 Å². The lowest BCUT2D eigenvalue weighted by Crippen LogP contribution is -2.51. The molecule has 1 atom stereocenters. The van der Waals surface area contributed by atoms with Gasteiger partial charge in [-0.2, -0.15) is 0 Å². The molecule has 3 nitrogen and oxygen atoms in total. The average Bonchev–Trinajstić information content (AvgIpc) is 2.63. The number of rotatable bonds is 1. The van der Waals surface area contributed by atoms with Gasteiger partial charge in [-0.1, -0.05) is 5.16 Å². The van der Waals surface area contributed by atoms with Crippen molar-refractivity contribution in [2.45, 2.75) is 51.0 Å². The second-order valence-electron chi connectivity index (χ2n) is 6.66. The minimum Gasteiger partial charge on any atom is -0.390 e. The molecule has 0 aromatic rings. The summed E-state index contributed by atoms with van der Waals surface area (Å²) in [5.74, 6) is 3.66. The molecule has 16 heavy (non-hydrogen) atoms. The van der Waals surface area contributed by atoms with Crippen molar-refractivity contribution >= 4 is 5.84 Å². The van der Waals surface area contributed by atoms with Crippen LogP contribution in [-0.4, -0.2) is 11.9 Å². The van der Waals surface area contributed by atoms with Crippen LogP contribution in [0.15, 0.2) is 5.16 Å². The number of hydrogen-bond acceptors (Lipinski definition) is 3. The summed E-state index contributed by atoms with van der Waals surface area (Å²) in [4.78, 5) is 5.61. The molecule has 4 fully saturated rings. The van der Waals surface area contributed by atoms with Gasteiger partial charge in [-0.25, -0.2) is 0 Å². The number of nitrogens with zero attached hydrogens (tertiary/aromatic N) is 1. The third kappa shape index (κ3) is 1.17. The fourth-order valence-corrected chi connectivity index (χ4v) is 5.30. The summed E-state index contributed by atoms with van der Waals surface area (Å²) < 4.78 is 0. The van der Waals surface area contributed by atoms with E-state index in [-0.39, 0.29) is 0 Å². The van der Waals surface area contributed by atoms with Gasteiger partial charge in [-0.15, -0.1) is 0 Å². The summed E-state index contributed by atoms with van der Waals surface area (Å²) in [6, 6.07) is 0. The van der Waals surface area contributed by atoms with E-state index in [1.54, 1.807) is 0 Å². The molecule has 0 radical (unpaired) electrons. The molecule has 4 aliphatic carbocycles. The largest absolute Gasteiger partial charge is 0.390 e. The van der Waals surface area contributed by atoms with Gasteiger partial charge >= 0.3 is 0 Å². The van der Waals surface area contributed by atoms with Crippen LogP contribution in [0.25, 0.3) is 0 Å². The Morgan fingerprint density at radius 3 is 2.06 bits per heavy atom. The van der Waals surface area contributed by atoms with Crippen LogP contribution in [0.3, 0.4) is 0 Å². The first kappa shape index (κ1) is 9.32. The predicted octanol–water partition coefficient (Wildman–Crippen LogP) is 2.26. The van der Waals surface area contributed by atoms with Crippen molar-refractivity contribution in [2.24, 2.45) is 34.1 Å². The summed E-state index contributed by atoms with van der Waals surface area (Å²) in [6.45, 7) is 0. The second kappa shape index (κ2) is 2.93. The molecule has 5 aliphatic rings. The van der Waals surface area contributed by atoms with Crippen molar-refractivity contribution < 1.29 is 4.84 Å². The maximum atomic E-state index is 5.77. The highest BCUT2D eigenvalue weighted by atomic mass is 16.6. The molecule has 0 saturated heterocycles. The van der Waals surface area contributed by atoms with Crippen LogP contribution in [0.1, 0.15) is 44.9 Å². The first-order chi connectivity index (χ1) is 7.73. The van der Waals surface area contributed by atoms with Crippen LogP contribution in [-0.2, 0) is 4.84 Å². The van der Waals surface area contributed by atoms with Crippen LogP contribution >= 0.6 is 0 Å². The SMILES string of the molecule is NC1=NOC(C23CC4CC(CC(C4)C2)C3)C1. The van der Waals surface area contributed by atoms with Gasteiger partial charge in [0.2, 0.25) is 0 Å². The van der Waals surface area contributed by atoms with Crippen LogP contribution in [0, 0.1) is 23.2 Å². The van der Waals surface area contributed by atoms with Crippen molar-refractivity contribution in [1.29, 1.82) is 0 Å². The Hall–Kier alpha value is -0.730. The van der Waals surface area contributed by atoms with Crippen LogP contribution in [0.2, 0.25) is 0 Å². The molecule has 4 saturated carbocycles. The van der Waals surface area contributed by atoms with Gasteiger partial charge in [0, 0.05) is 11.8 Å². The van der Waals surface area contributed by atoms with Crippen LogP contribution in [0.4, 0.5) is 0 Å². The lowest BCUT2D eigenvalue weighted by Gasteiger charge is -2.58. The van der Waals surface area contributed by atoms with E-state index < -0.39 is 0 Å². The standard InChI is InChI=1S/C13H20N2O/c14-12-4-11(16-15-12)13-5-8-1-9(6-13)3-10(2-8)7-13/h8-11H,1-7H2,(H2,14,15). The maximum absolute atomic E-state index is 5.77. The molecule has 3 heteroatoms. The zero-order chi connectivity index (χ0) is 10.8. The van der Waals surface area contributed by atoms with Gasteiger partial charge in [0.25, 0.3) is 0 Å². The van der Waals surface area contributed by atoms with E-state index in [1.165, 1.54) is 38.5 Å². The number of nitrogens with two attached hydrogens (primary N) is 1. The number of hydrogen-bond donors (Lipinski definition) is 1.